The van der Waals surface area contributed by atoms with Gasteiger partial charge in [0, 0.05) is 24.7 Å². The number of fused-ring (bicyclic) bond motifs is 1. The molecule has 3 N–H and O–H groups in total. The summed E-state index contributed by atoms with van der Waals surface area (Å²) in [4.78, 5) is 15.3. The number of hydrogen-bond donors (Lipinski definition) is 2. The van der Waals surface area contributed by atoms with Gasteiger partial charge in [0.2, 0.25) is 5.88 Å². The molecule has 0 bridgehead atoms. The summed E-state index contributed by atoms with van der Waals surface area (Å²) in [5.74, 6) is 0.919. The molecule has 0 radical (unpaired) electrons. The third kappa shape index (κ3) is 5.46. The zero-order valence-corrected chi connectivity index (χ0v) is 21.4. The van der Waals surface area contributed by atoms with Crippen molar-refractivity contribution < 1.29 is 19.1 Å². The zero-order valence-electron chi connectivity index (χ0n) is 21.4. The Morgan fingerprint density at radius 2 is 1.80 bits per heavy atom. The van der Waals surface area contributed by atoms with Crippen LogP contribution in [-0.4, -0.2) is 37.4 Å². The average Bonchev–Trinajstić information content (AvgIpc) is 2.84. The van der Waals surface area contributed by atoms with E-state index in [1.807, 2.05) is 45.0 Å². The van der Waals surface area contributed by atoms with Crippen LogP contribution in [0.5, 0.6) is 17.2 Å². The van der Waals surface area contributed by atoms with Crippen LogP contribution >= 0.6 is 0 Å². The van der Waals surface area contributed by atoms with Crippen LogP contribution in [0.2, 0.25) is 0 Å². The Labute approximate surface area is 207 Å². The topological polar surface area (TPSA) is 104 Å². The minimum atomic E-state index is -0.661. The molecule has 1 aromatic heterocycles. The molecule has 0 amide bonds. The maximum Gasteiger partial charge on any atom is 0.258 e. The van der Waals surface area contributed by atoms with Crippen molar-refractivity contribution in [1.82, 2.24) is 4.57 Å². The van der Waals surface area contributed by atoms with E-state index >= 15 is 0 Å². The number of nitrogens with two attached hydrogens (primary N) is 1. The first-order valence-electron chi connectivity index (χ1n) is 12.4. The van der Waals surface area contributed by atoms with Crippen molar-refractivity contribution in [3.05, 3.63) is 62.9 Å². The first-order valence-corrected chi connectivity index (χ1v) is 12.4. The van der Waals surface area contributed by atoms with E-state index in [0.717, 1.165) is 37.3 Å². The van der Waals surface area contributed by atoms with Crippen LogP contribution in [0.1, 0.15) is 56.9 Å². The maximum absolute atomic E-state index is 13.8. The van der Waals surface area contributed by atoms with Crippen LogP contribution in [-0.2, 0) is 6.54 Å². The molecule has 8 heteroatoms. The average molecular weight is 482 g/mol. The number of hydrogen-bond acceptors (Lipinski definition) is 6. The molecule has 0 fully saturated rings. The van der Waals surface area contributed by atoms with Crippen molar-refractivity contribution in [1.29, 1.82) is 5.26 Å². The second-order valence-electron chi connectivity index (χ2n) is 8.58. The van der Waals surface area contributed by atoms with Crippen molar-refractivity contribution in [3.63, 3.8) is 0 Å². The molecule has 35 heavy (non-hydrogen) atoms. The molecular formula is C27H37N4O4+. The maximum atomic E-state index is 13.8. The van der Waals surface area contributed by atoms with Gasteiger partial charge in [0.05, 0.1) is 44.3 Å². The molecule has 2 aromatic rings. The summed E-state index contributed by atoms with van der Waals surface area (Å²) in [5, 5.41) is 9.97. The molecule has 1 atom stereocenters. The van der Waals surface area contributed by atoms with E-state index in [1.54, 1.807) is 4.57 Å². The van der Waals surface area contributed by atoms with Gasteiger partial charge in [0.15, 0.2) is 11.5 Å². The molecule has 0 saturated heterocycles. The molecule has 188 valence electrons. The monoisotopic (exact) mass is 481 g/mol. The van der Waals surface area contributed by atoms with Gasteiger partial charge in [-0.2, -0.15) is 5.26 Å². The number of aryl methyl sites for hydroxylation is 1. The quantitative estimate of drug-likeness (QED) is 0.511. The van der Waals surface area contributed by atoms with E-state index < -0.39 is 5.92 Å². The number of ether oxygens (including phenoxy) is 3. The van der Waals surface area contributed by atoms with E-state index in [1.165, 1.54) is 4.90 Å². The molecule has 2 heterocycles. The van der Waals surface area contributed by atoms with Gasteiger partial charge in [0.25, 0.3) is 5.56 Å². The molecule has 0 aliphatic carbocycles. The molecular weight excluding hydrogens is 444 g/mol. The van der Waals surface area contributed by atoms with Crippen LogP contribution in [0.4, 0.5) is 0 Å². The summed E-state index contributed by atoms with van der Waals surface area (Å²) in [7, 11) is 0. The van der Waals surface area contributed by atoms with E-state index in [9.17, 15) is 10.1 Å². The largest absolute Gasteiger partial charge is 0.490 e. The Kier molecular flexibility index (Phi) is 8.83. The first kappa shape index (κ1) is 26.2. The summed E-state index contributed by atoms with van der Waals surface area (Å²) in [6.07, 6.45) is 0.878. The Morgan fingerprint density at radius 1 is 1.11 bits per heavy atom. The van der Waals surface area contributed by atoms with Crippen LogP contribution in [0, 0.1) is 18.3 Å². The number of nitriles is 1. The number of allylic oxidation sites excluding steroid dienone is 1. The molecule has 0 saturated carbocycles. The highest BCUT2D eigenvalue weighted by atomic mass is 16.5. The highest BCUT2D eigenvalue weighted by molar-refractivity contribution is 5.57. The predicted octanol–water partition coefficient (Wildman–Crippen LogP) is 2.49. The minimum absolute atomic E-state index is 0.0125. The summed E-state index contributed by atoms with van der Waals surface area (Å²) >= 11 is 0. The van der Waals surface area contributed by atoms with E-state index in [-0.39, 0.29) is 17.0 Å². The molecule has 3 rings (SSSR count). The van der Waals surface area contributed by atoms with Gasteiger partial charge in [-0.05, 0) is 52.3 Å². The second-order valence-corrected chi connectivity index (χ2v) is 8.58. The second kappa shape index (κ2) is 11.8. The number of rotatable bonds is 11. The van der Waals surface area contributed by atoms with Crippen LogP contribution in [0.3, 0.4) is 0 Å². The standard InChI is InChI=1S/C27H36N4O4/c1-6-30(7-2)13-10-14-31-18(5)15-23-25(27(31)32)24(20(17-28)26(29)35-23)19-11-12-21(33-8-3)22(16-19)34-9-4/h11-12,15-16,24H,6-10,13-14,29H2,1-5H3/p+1/t24-/m0/s1. The van der Waals surface area contributed by atoms with Crippen molar-refractivity contribution in [2.45, 2.75) is 53.5 Å². The zero-order chi connectivity index (χ0) is 25.5. The lowest BCUT2D eigenvalue weighted by Gasteiger charge is -2.28. The predicted molar refractivity (Wildman–Crippen MR) is 135 cm³/mol. The number of nitrogens with zero attached hydrogens (tertiary/aromatic N) is 2. The van der Waals surface area contributed by atoms with E-state index in [2.05, 4.69) is 19.9 Å². The van der Waals surface area contributed by atoms with Crippen LogP contribution in [0.15, 0.2) is 40.5 Å². The van der Waals surface area contributed by atoms with Gasteiger partial charge in [-0.3, -0.25) is 4.79 Å². The van der Waals surface area contributed by atoms with Gasteiger partial charge in [-0.25, -0.2) is 0 Å². The Bertz CT molecular complexity index is 1170. The normalized spacial score (nSPS) is 14.9. The third-order valence-corrected chi connectivity index (χ3v) is 6.50. The lowest BCUT2D eigenvalue weighted by Crippen LogP contribution is -3.11. The fourth-order valence-corrected chi connectivity index (χ4v) is 4.64. The van der Waals surface area contributed by atoms with E-state index in [0.29, 0.717) is 42.6 Å². The number of pyridine rings is 1. The molecule has 0 spiro atoms. The summed E-state index contributed by atoms with van der Waals surface area (Å²) in [6.45, 7) is 14.7. The lowest BCUT2D eigenvalue weighted by atomic mass is 9.84. The Morgan fingerprint density at radius 3 is 2.43 bits per heavy atom. The summed E-state index contributed by atoms with van der Waals surface area (Å²) < 4.78 is 19.1. The number of quaternary nitrogens is 1. The Hall–Kier alpha value is -3.44. The fourth-order valence-electron chi connectivity index (χ4n) is 4.64. The molecule has 8 nitrogen and oxygen atoms in total. The molecule has 1 aromatic carbocycles. The number of aromatic nitrogens is 1. The van der Waals surface area contributed by atoms with E-state index in [4.69, 9.17) is 19.9 Å². The number of benzene rings is 1. The van der Waals surface area contributed by atoms with Gasteiger partial charge < -0.3 is 29.4 Å². The smallest absolute Gasteiger partial charge is 0.258 e. The SMILES string of the molecule is CCOc1ccc([C@H]2C(C#N)=C(N)Oc3cc(C)n(CCC[NH+](CC)CC)c(=O)c32)cc1OCC. The van der Waals surface area contributed by atoms with Crippen molar-refractivity contribution in [3.8, 4) is 23.3 Å². The summed E-state index contributed by atoms with van der Waals surface area (Å²) in [5.41, 5.74) is 8.15. The number of nitrogens with one attached hydrogen (secondary N) is 1. The third-order valence-electron chi connectivity index (χ3n) is 6.50. The minimum Gasteiger partial charge on any atom is -0.490 e. The van der Waals surface area contributed by atoms with Gasteiger partial charge in [0.1, 0.15) is 17.4 Å². The highest BCUT2D eigenvalue weighted by Gasteiger charge is 2.35. The van der Waals surface area contributed by atoms with Gasteiger partial charge in [-0.15, -0.1) is 0 Å². The lowest BCUT2D eigenvalue weighted by molar-refractivity contribution is -0.896. The molecule has 1 aliphatic heterocycles. The van der Waals surface area contributed by atoms with Crippen molar-refractivity contribution >= 4 is 0 Å². The van der Waals surface area contributed by atoms with Crippen LogP contribution in [0.25, 0.3) is 0 Å². The van der Waals surface area contributed by atoms with Gasteiger partial charge >= 0.3 is 0 Å². The molecule has 1 aliphatic rings. The first-order chi connectivity index (χ1) is 16.9. The van der Waals surface area contributed by atoms with Crippen molar-refractivity contribution in [2.75, 3.05) is 32.8 Å². The van der Waals surface area contributed by atoms with Gasteiger partial charge in [-0.1, -0.05) is 6.07 Å². The fraction of sp³-hybridized carbons (Fsp3) is 0.481. The molecule has 0 unspecified atom stereocenters. The highest BCUT2D eigenvalue weighted by Crippen LogP contribution is 2.42. The van der Waals surface area contributed by atoms with Crippen LogP contribution < -0.4 is 30.4 Å². The van der Waals surface area contributed by atoms with Crippen molar-refractivity contribution in [2.24, 2.45) is 5.73 Å². The Balaban J connectivity index is 2.11. The summed E-state index contributed by atoms with van der Waals surface area (Å²) in [6, 6.07) is 9.50.